The van der Waals surface area contributed by atoms with Crippen LogP contribution < -0.4 is 14.4 Å². The van der Waals surface area contributed by atoms with Crippen molar-refractivity contribution in [3.8, 4) is 5.75 Å². The summed E-state index contributed by atoms with van der Waals surface area (Å²) in [5, 5.41) is 2.89. The summed E-state index contributed by atoms with van der Waals surface area (Å²) in [7, 11) is -2.08. The van der Waals surface area contributed by atoms with E-state index < -0.39 is 16.1 Å². The number of methoxy groups -OCH3 is 1. The molecule has 0 aliphatic carbocycles. The highest BCUT2D eigenvalue weighted by atomic mass is 32.2. The maximum atomic E-state index is 12.9. The van der Waals surface area contributed by atoms with E-state index in [-0.39, 0.29) is 11.9 Å². The van der Waals surface area contributed by atoms with E-state index in [0.29, 0.717) is 11.4 Å². The number of anilines is 1. The Hall–Kier alpha value is -2.54. The molecule has 0 fully saturated rings. The Bertz CT molecular complexity index is 910. The van der Waals surface area contributed by atoms with E-state index >= 15 is 0 Å². The first-order chi connectivity index (χ1) is 13.2. The lowest BCUT2D eigenvalue weighted by molar-refractivity contribution is -0.122. The SMILES string of the molecule is CCc1ccc(N([C@@H](C)C(=O)N[C@@H](C)c2ccccc2OC)S(C)(=O)=O)cc1. The van der Waals surface area contributed by atoms with E-state index in [1.807, 2.05) is 50.2 Å². The lowest BCUT2D eigenvalue weighted by Crippen LogP contribution is -2.48. The molecule has 0 heterocycles. The van der Waals surface area contributed by atoms with E-state index in [4.69, 9.17) is 4.74 Å². The summed E-state index contributed by atoms with van der Waals surface area (Å²) in [6, 6.07) is 13.4. The van der Waals surface area contributed by atoms with Crippen LogP contribution in [0, 0.1) is 0 Å². The lowest BCUT2D eigenvalue weighted by Gasteiger charge is -2.29. The highest BCUT2D eigenvalue weighted by Gasteiger charge is 2.30. The van der Waals surface area contributed by atoms with Crippen LogP contribution in [0.4, 0.5) is 5.69 Å². The fourth-order valence-corrected chi connectivity index (χ4v) is 4.30. The van der Waals surface area contributed by atoms with Gasteiger partial charge in [-0.25, -0.2) is 8.42 Å². The van der Waals surface area contributed by atoms with Gasteiger partial charge < -0.3 is 10.1 Å². The third-order valence-corrected chi connectivity index (χ3v) is 5.89. The molecule has 7 heteroatoms. The second kappa shape index (κ2) is 9.10. The van der Waals surface area contributed by atoms with Crippen LogP contribution in [0.15, 0.2) is 48.5 Å². The van der Waals surface area contributed by atoms with Crippen LogP contribution in [-0.4, -0.2) is 33.7 Å². The molecule has 2 aromatic rings. The first-order valence-corrected chi connectivity index (χ1v) is 11.1. The Morgan fingerprint density at radius 3 is 2.25 bits per heavy atom. The summed E-state index contributed by atoms with van der Waals surface area (Å²) in [5.74, 6) is 0.279. The van der Waals surface area contributed by atoms with Gasteiger partial charge in [0, 0.05) is 5.56 Å². The van der Waals surface area contributed by atoms with Crippen LogP contribution in [0.5, 0.6) is 5.75 Å². The van der Waals surface area contributed by atoms with Gasteiger partial charge in [0.05, 0.1) is 25.1 Å². The van der Waals surface area contributed by atoms with Crippen molar-refractivity contribution in [3.05, 3.63) is 59.7 Å². The number of carbonyl (C=O) groups is 1. The second-order valence-electron chi connectivity index (χ2n) is 6.73. The third kappa shape index (κ3) is 5.04. The Morgan fingerprint density at radius 1 is 1.11 bits per heavy atom. The molecule has 0 aliphatic heterocycles. The van der Waals surface area contributed by atoms with Crippen LogP contribution in [0.1, 0.15) is 37.9 Å². The molecule has 1 amide bonds. The van der Waals surface area contributed by atoms with Crippen molar-refractivity contribution >= 4 is 21.6 Å². The number of hydrogen-bond acceptors (Lipinski definition) is 4. The highest BCUT2D eigenvalue weighted by Crippen LogP contribution is 2.26. The minimum absolute atomic E-state index is 0.338. The average Bonchev–Trinajstić information content (AvgIpc) is 2.67. The number of nitrogens with one attached hydrogen (secondary N) is 1. The first kappa shape index (κ1) is 21.8. The predicted octanol–water partition coefficient (Wildman–Crippen LogP) is 3.29. The number of sulfonamides is 1. The minimum Gasteiger partial charge on any atom is -0.496 e. The molecule has 0 unspecified atom stereocenters. The maximum Gasteiger partial charge on any atom is 0.244 e. The van der Waals surface area contributed by atoms with Crippen LogP contribution in [0.2, 0.25) is 0 Å². The van der Waals surface area contributed by atoms with Gasteiger partial charge in [-0.1, -0.05) is 37.3 Å². The molecule has 0 radical (unpaired) electrons. The maximum absolute atomic E-state index is 12.9. The first-order valence-electron chi connectivity index (χ1n) is 9.20. The molecule has 1 N–H and O–H groups in total. The van der Waals surface area contributed by atoms with Gasteiger partial charge in [0.2, 0.25) is 15.9 Å². The van der Waals surface area contributed by atoms with E-state index in [1.165, 1.54) is 0 Å². The summed E-state index contributed by atoms with van der Waals surface area (Å²) in [4.78, 5) is 12.9. The molecule has 2 aromatic carbocycles. The van der Waals surface area contributed by atoms with Crippen molar-refractivity contribution in [3.63, 3.8) is 0 Å². The number of rotatable bonds is 8. The number of ether oxygens (including phenoxy) is 1. The summed E-state index contributed by atoms with van der Waals surface area (Å²) >= 11 is 0. The van der Waals surface area contributed by atoms with Gasteiger partial charge in [-0.15, -0.1) is 0 Å². The van der Waals surface area contributed by atoms with Gasteiger partial charge in [-0.2, -0.15) is 0 Å². The second-order valence-corrected chi connectivity index (χ2v) is 8.59. The number of aryl methyl sites for hydroxylation is 1. The van der Waals surface area contributed by atoms with Crippen LogP contribution in [-0.2, 0) is 21.2 Å². The van der Waals surface area contributed by atoms with Gasteiger partial charge in [0.25, 0.3) is 0 Å². The Balaban J connectivity index is 2.26. The zero-order chi connectivity index (χ0) is 20.9. The van der Waals surface area contributed by atoms with Crippen molar-refractivity contribution in [1.82, 2.24) is 5.32 Å². The largest absolute Gasteiger partial charge is 0.496 e. The number of nitrogens with zero attached hydrogens (tertiary/aromatic N) is 1. The van der Waals surface area contributed by atoms with Gasteiger partial charge >= 0.3 is 0 Å². The molecule has 0 saturated heterocycles. The van der Waals surface area contributed by atoms with E-state index in [1.54, 1.807) is 26.2 Å². The number of hydrogen-bond donors (Lipinski definition) is 1. The minimum atomic E-state index is -3.65. The molecule has 0 aromatic heterocycles. The summed E-state index contributed by atoms with van der Waals surface area (Å²) in [6.07, 6.45) is 1.96. The lowest BCUT2D eigenvalue weighted by atomic mass is 10.1. The fraction of sp³-hybridized carbons (Fsp3) is 0.381. The van der Waals surface area contributed by atoms with Crippen LogP contribution in [0.25, 0.3) is 0 Å². The number of benzene rings is 2. The van der Waals surface area contributed by atoms with Crippen LogP contribution in [0.3, 0.4) is 0 Å². The Morgan fingerprint density at radius 2 is 1.71 bits per heavy atom. The van der Waals surface area contributed by atoms with Gasteiger partial charge in [0.1, 0.15) is 11.8 Å². The van der Waals surface area contributed by atoms with Crippen molar-refractivity contribution in [2.24, 2.45) is 0 Å². The van der Waals surface area contributed by atoms with Gasteiger partial charge in [0.15, 0.2) is 0 Å². The molecule has 2 rings (SSSR count). The molecule has 6 nitrogen and oxygen atoms in total. The van der Waals surface area contributed by atoms with Crippen molar-refractivity contribution in [2.45, 2.75) is 39.3 Å². The van der Waals surface area contributed by atoms with Crippen molar-refractivity contribution < 1.29 is 17.9 Å². The molecule has 0 aliphatic rings. The number of para-hydroxylation sites is 1. The monoisotopic (exact) mass is 404 g/mol. The average molecular weight is 405 g/mol. The Kier molecular flexibility index (Phi) is 7.07. The number of amides is 1. The predicted molar refractivity (Wildman–Crippen MR) is 112 cm³/mol. The van der Waals surface area contributed by atoms with E-state index in [9.17, 15) is 13.2 Å². The molecule has 0 spiro atoms. The zero-order valence-corrected chi connectivity index (χ0v) is 17.8. The number of carbonyl (C=O) groups excluding carboxylic acids is 1. The highest BCUT2D eigenvalue weighted by molar-refractivity contribution is 7.92. The summed E-state index contributed by atoms with van der Waals surface area (Å²) in [6.45, 7) is 5.45. The molecule has 0 saturated carbocycles. The molecule has 28 heavy (non-hydrogen) atoms. The fourth-order valence-electron chi connectivity index (χ4n) is 3.12. The molecular formula is C21H28N2O4S. The van der Waals surface area contributed by atoms with Crippen molar-refractivity contribution in [1.29, 1.82) is 0 Å². The van der Waals surface area contributed by atoms with Gasteiger partial charge in [-0.05, 0) is 44.0 Å². The van der Waals surface area contributed by atoms with E-state index in [2.05, 4.69) is 5.32 Å². The summed E-state index contributed by atoms with van der Waals surface area (Å²) < 4.78 is 31.3. The zero-order valence-electron chi connectivity index (χ0n) is 17.0. The van der Waals surface area contributed by atoms with E-state index in [0.717, 1.165) is 28.1 Å². The topological polar surface area (TPSA) is 75.7 Å². The molecule has 152 valence electrons. The van der Waals surface area contributed by atoms with Gasteiger partial charge in [-0.3, -0.25) is 9.10 Å². The quantitative estimate of drug-likeness (QED) is 0.733. The standard InChI is InChI=1S/C21H28N2O4S/c1-6-17-11-13-18(14-12-17)23(28(5,25)26)16(3)21(24)22-15(2)19-9-7-8-10-20(19)27-4/h7-16H,6H2,1-5H3,(H,22,24)/t15-,16-/m0/s1. The normalized spacial score (nSPS) is 13.5. The summed E-state index contributed by atoms with van der Waals surface area (Å²) in [5.41, 5.74) is 2.38. The van der Waals surface area contributed by atoms with Crippen LogP contribution >= 0.6 is 0 Å². The van der Waals surface area contributed by atoms with Crippen molar-refractivity contribution in [2.75, 3.05) is 17.7 Å². The molecule has 2 atom stereocenters. The third-order valence-electron chi connectivity index (χ3n) is 4.65. The Labute approximate surface area is 167 Å². The molecular weight excluding hydrogens is 376 g/mol. The molecule has 0 bridgehead atoms. The smallest absolute Gasteiger partial charge is 0.244 e.